The molecule has 84 valence electrons. The van der Waals surface area contributed by atoms with Crippen LogP contribution in [-0.4, -0.2) is 12.8 Å². The van der Waals surface area contributed by atoms with Gasteiger partial charge in [-0.05, 0) is 37.8 Å². The number of ether oxygens (including phenoxy) is 1. The van der Waals surface area contributed by atoms with E-state index in [4.69, 9.17) is 14.7 Å². The number of benzene rings is 1. The Morgan fingerprint density at radius 2 is 1.81 bits per heavy atom. The summed E-state index contributed by atoms with van der Waals surface area (Å²) in [4.78, 5) is 9.60. The molecule has 1 aromatic carbocycles. The molecular weight excluding hydrogens is 200 g/mol. The van der Waals surface area contributed by atoms with Crippen LogP contribution >= 0.6 is 0 Å². The zero-order valence-corrected chi connectivity index (χ0v) is 9.57. The molecule has 1 aromatic rings. The Morgan fingerprint density at radius 3 is 2.56 bits per heavy atom. The number of fused-ring (bicyclic) bond motifs is 1. The zero-order valence-electron chi connectivity index (χ0n) is 9.57. The van der Waals surface area contributed by atoms with Gasteiger partial charge in [0.25, 0.3) is 0 Å². The van der Waals surface area contributed by atoms with Gasteiger partial charge in [-0.15, -0.1) is 0 Å². The van der Waals surface area contributed by atoms with Crippen LogP contribution in [0.25, 0.3) is 0 Å². The Morgan fingerprint density at radius 1 is 1.06 bits per heavy atom. The SMILES string of the molecule is COc1ccc2c(c1)=NC1(CCCCC1)N=2. The van der Waals surface area contributed by atoms with Crippen molar-refractivity contribution in [3.8, 4) is 5.75 Å². The minimum absolute atomic E-state index is 0.132. The summed E-state index contributed by atoms with van der Waals surface area (Å²) in [6.07, 6.45) is 6.02. The molecule has 0 unspecified atom stereocenters. The van der Waals surface area contributed by atoms with Crippen LogP contribution in [-0.2, 0) is 0 Å². The van der Waals surface area contributed by atoms with Crippen molar-refractivity contribution in [3.05, 3.63) is 28.9 Å². The molecule has 2 aliphatic rings. The number of nitrogens with zero attached hydrogens (tertiary/aromatic N) is 2. The number of hydrogen-bond acceptors (Lipinski definition) is 3. The summed E-state index contributed by atoms with van der Waals surface area (Å²) in [6, 6.07) is 5.96. The molecule has 3 heteroatoms. The first-order valence-corrected chi connectivity index (χ1v) is 5.95. The van der Waals surface area contributed by atoms with Crippen molar-refractivity contribution in [1.29, 1.82) is 0 Å². The van der Waals surface area contributed by atoms with Crippen LogP contribution in [0.4, 0.5) is 0 Å². The standard InChI is InChI=1S/C13H16N2O/c1-16-10-5-6-11-12(9-10)15-13(14-11)7-3-2-4-8-13/h5-6,9H,2-4,7-8H2,1H3. The molecular formula is C13H16N2O. The lowest BCUT2D eigenvalue weighted by Crippen LogP contribution is -2.25. The highest BCUT2D eigenvalue weighted by Crippen LogP contribution is 2.33. The molecule has 1 aliphatic carbocycles. The molecule has 1 aliphatic heterocycles. The highest BCUT2D eigenvalue weighted by molar-refractivity contribution is 5.22. The molecule has 0 saturated heterocycles. The number of hydrogen-bond donors (Lipinski definition) is 0. The van der Waals surface area contributed by atoms with Crippen molar-refractivity contribution in [3.63, 3.8) is 0 Å². The fraction of sp³-hybridized carbons (Fsp3) is 0.538. The van der Waals surface area contributed by atoms with E-state index in [1.54, 1.807) is 7.11 Å². The molecule has 0 amide bonds. The Kier molecular flexibility index (Phi) is 2.20. The van der Waals surface area contributed by atoms with Gasteiger partial charge in [-0.3, -0.25) is 9.98 Å². The number of methoxy groups -OCH3 is 1. The highest BCUT2D eigenvalue weighted by atomic mass is 16.5. The molecule has 0 N–H and O–H groups in total. The van der Waals surface area contributed by atoms with Crippen LogP contribution in [0.2, 0.25) is 0 Å². The molecule has 0 aromatic heterocycles. The van der Waals surface area contributed by atoms with E-state index in [1.165, 1.54) is 19.3 Å². The number of rotatable bonds is 1. The van der Waals surface area contributed by atoms with E-state index < -0.39 is 0 Å². The quantitative estimate of drug-likeness (QED) is 0.702. The molecule has 16 heavy (non-hydrogen) atoms. The normalized spacial score (nSPS) is 21.1. The predicted octanol–water partition coefficient (Wildman–Crippen LogP) is 1.61. The van der Waals surface area contributed by atoms with Gasteiger partial charge >= 0.3 is 0 Å². The Balaban J connectivity index is 2.07. The van der Waals surface area contributed by atoms with E-state index in [1.807, 2.05) is 18.2 Å². The lowest BCUT2D eigenvalue weighted by Gasteiger charge is -2.27. The van der Waals surface area contributed by atoms with E-state index in [-0.39, 0.29) is 5.66 Å². The fourth-order valence-electron chi connectivity index (χ4n) is 2.63. The van der Waals surface area contributed by atoms with Crippen LogP contribution in [0.5, 0.6) is 5.75 Å². The first-order chi connectivity index (χ1) is 7.81. The third kappa shape index (κ3) is 1.51. The largest absolute Gasteiger partial charge is 0.497 e. The van der Waals surface area contributed by atoms with Crippen molar-refractivity contribution in [2.24, 2.45) is 9.98 Å². The predicted molar refractivity (Wildman–Crippen MR) is 61.1 cm³/mol. The summed E-state index contributed by atoms with van der Waals surface area (Å²) in [5.41, 5.74) is -0.132. The van der Waals surface area contributed by atoms with Crippen LogP contribution in [0.1, 0.15) is 32.1 Å². The maximum Gasteiger partial charge on any atom is 0.151 e. The highest BCUT2D eigenvalue weighted by Gasteiger charge is 2.32. The minimum Gasteiger partial charge on any atom is -0.497 e. The Labute approximate surface area is 94.9 Å². The molecule has 0 atom stereocenters. The van der Waals surface area contributed by atoms with Crippen molar-refractivity contribution >= 4 is 0 Å². The first-order valence-electron chi connectivity index (χ1n) is 5.95. The monoisotopic (exact) mass is 216 g/mol. The second-order valence-corrected chi connectivity index (χ2v) is 4.62. The summed E-state index contributed by atoms with van der Waals surface area (Å²) in [5.74, 6) is 0.866. The molecule has 0 radical (unpaired) electrons. The van der Waals surface area contributed by atoms with Crippen LogP contribution in [0, 0.1) is 0 Å². The van der Waals surface area contributed by atoms with Crippen molar-refractivity contribution in [1.82, 2.24) is 0 Å². The van der Waals surface area contributed by atoms with E-state index in [0.29, 0.717) is 0 Å². The molecule has 1 spiro atoms. The summed E-state index contributed by atoms with van der Waals surface area (Å²) in [7, 11) is 1.68. The molecule has 3 nitrogen and oxygen atoms in total. The maximum absolute atomic E-state index is 5.21. The summed E-state index contributed by atoms with van der Waals surface area (Å²) in [6.45, 7) is 0. The molecule has 1 heterocycles. The van der Waals surface area contributed by atoms with Gasteiger partial charge in [0.05, 0.1) is 17.8 Å². The third-order valence-corrected chi connectivity index (χ3v) is 3.49. The summed E-state index contributed by atoms with van der Waals surface area (Å²) >= 11 is 0. The van der Waals surface area contributed by atoms with Crippen LogP contribution < -0.4 is 15.5 Å². The van der Waals surface area contributed by atoms with Gasteiger partial charge in [-0.25, -0.2) is 0 Å². The lowest BCUT2D eigenvalue weighted by molar-refractivity contribution is 0.309. The second kappa shape index (κ2) is 3.58. The Hall–Kier alpha value is -1.38. The molecule has 3 rings (SSSR count). The molecule has 0 bridgehead atoms. The van der Waals surface area contributed by atoms with Gasteiger partial charge in [0.1, 0.15) is 5.75 Å². The topological polar surface area (TPSA) is 34.0 Å². The first kappa shape index (κ1) is 9.82. The van der Waals surface area contributed by atoms with Crippen molar-refractivity contribution < 1.29 is 4.74 Å². The van der Waals surface area contributed by atoms with E-state index >= 15 is 0 Å². The maximum atomic E-state index is 5.21. The van der Waals surface area contributed by atoms with Crippen LogP contribution in [0.3, 0.4) is 0 Å². The van der Waals surface area contributed by atoms with Gasteiger partial charge in [-0.2, -0.15) is 0 Å². The van der Waals surface area contributed by atoms with Gasteiger partial charge in [0.2, 0.25) is 0 Å². The average Bonchev–Trinajstić information content (AvgIpc) is 2.66. The van der Waals surface area contributed by atoms with Gasteiger partial charge in [0.15, 0.2) is 5.66 Å². The molecule has 1 fully saturated rings. The smallest absolute Gasteiger partial charge is 0.151 e. The van der Waals surface area contributed by atoms with Crippen molar-refractivity contribution in [2.75, 3.05) is 7.11 Å². The van der Waals surface area contributed by atoms with Gasteiger partial charge < -0.3 is 4.74 Å². The Bertz CT molecular complexity index is 515. The van der Waals surface area contributed by atoms with E-state index in [2.05, 4.69) is 0 Å². The average molecular weight is 216 g/mol. The fourth-order valence-corrected chi connectivity index (χ4v) is 2.63. The summed E-state index contributed by atoms with van der Waals surface area (Å²) < 4.78 is 5.21. The van der Waals surface area contributed by atoms with E-state index in [9.17, 15) is 0 Å². The van der Waals surface area contributed by atoms with E-state index in [0.717, 1.165) is 29.3 Å². The lowest BCUT2D eigenvalue weighted by atomic mass is 9.90. The van der Waals surface area contributed by atoms with Crippen molar-refractivity contribution in [2.45, 2.75) is 37.8 Å². The molecule has 1 saturated carbocycles. The van der Waals surface area contributed by atoms with Crippen LogP contribution in [0.15, 0.2) is 28.2 Å². The second-order valence-electron chi connectivity index (χ2n) is 4.62. The zero-order chi connectivity index (χ0) is 11.0. The summed E-state index contributed by atoms with van der Waals surface area (Å²) in [5, 5.41) is 2.03. The minimum atomic E-state index is -0.132. The van der Waals surface area contributed by atoms with Gasteiger partial charge in [0, 0.05) is 6.07 Å². The third-order valence-electron chi connectivity index (χ3n) is 3.49. The van der Waals surface area contributed by atoms with Gasteiger partial charge in [-0.1, -0.05) is 6.42 Å².